The van der Waals surface area contributed by atoms with Crippen LogP contribution < -0.4 is 44.6 Å². The van der Waals surface area contributed by atoms with Gasteiger partial charge in [-0.25, -0.2) is 4.79 Å². The summed E-state index contributed by atoms with van der Waals surface area (Å²) in [6, 6.07) is -5.60. The lowest BCUT2D eigenvalue weighted by molar-refractivity contribution is -0.143. The molecule has 220 valence electrons. The number of aliphatic carboxylic acids is 2. The first-order chi connectivity index (χ1) is 18.1. The van der Waals surface area contributed by atoms with E-state index in [0.29, 0.717) is 6.42 Å². The fourth-order valence-corrected chi connectivity index (χ4v) is 3.11. The van der Waals surface area contributed by atoms with Gasteiger partial charge in [-0.2, -0.15) is 0 Å². The molecular formula is C21H37N9O9. The van der Waals surface area contributed by atoms with Crippen LogP contribution in [0.15, 0.2) is 4.99 Å². The summed E-state index contributed by atoms with van der Waals surface area (Å²) in [6.07, 6.45) is -1.89. The first kappa shape index (κ1) is 34.5. The fourth-order valence-electron chi connectivity index (χ4n) is 3.11. The molecule has 0 aromatic carbocycles. The first-order valence-corrected chi connectivity index (χ1v) is 11.9. The second-order valence-electron chi connectivity index (χ2n) is 8.52. The van der Waals surface area contributed by atoms with E-state index < -0.39 is 78.5 Å². The number of aliphatic imine (C=N–C) groups is 1. The highest BCUT2D eigenvalue weighted by atomic mass is 16.4. The third kappa shape index (κ3) is 16.1. The van der Waals surface area contributed by atoms with Crippen molar-refractivity contribution >= 4 is 47.4 Å². The van der Waals surface area contributed by atoms with Crippen LogP contribution in [0.1, 0.15) is 51.4 Å². The number of nitrogens with one attached hydrogen (secondary N) is 3. The number of guanidine groups is 1. The zero-order valence-corrected chi connectivity index (χ0v) is 21.3. The van der Waals surface area contributed by atoms with Crippen LogP contribution in [0.2, 0.25) is 0 Å². The molecule has 0 aromatic heterocycles. The number of carbonyl (C=O) groups is 7. The Kier molecular flexibility index (Phi) is 15.8. The van der Waals surface area contributed by atoms with E-state index in [2.05, 4.69) is 20.9 Å². The van der Waals surface area contributed by atoms with Crippen LogP contribution in [-0.2, 0) is 33.6 Å². The van der Waals surface area contributed by atoms with E-state index >= 15 is 0 Å². The number of amides is 5. The number of hydrogen-bond acceptors (Lipinski definition) is 9. The smallest absolute Gasteiger partial charge is 0.326 e. The van der Waals surface area contributed by atoms with Crippen LogP contribution in [-0.4, -0.2) is 88.4 Å². The maximum Gasteiger partial charge on any atom is 0.326 e. The molecule has 0 aromatic rings. The van der Waals surface area contributed by atoms with E-state index in [9.17, 15) is 38.7 Å². The molecule has 4 unspecified atom stereocenters. The lowest BCUT2D eigenvalue weighted by Crippen LogP contribution is -2.57. The molecule has 0 heterocycles. The molecule has 0 aliphatic heterocycles. The van der Waals surface area contributed by atoms with Crippen LogP contribution in [0.4, 0.5) is 0 Å². The van der Waals surface area contributed by atoms with Crippen molar-refractivity contribution in [2.75, 3.05) is 6.54 Å². The molecule has 0 bridgehead atoms. The molecule has 15 N–H and O–H groups in total. The Bertz CT molecular complexity index is 938. The summed E-state index contributed by atoms with van der Waals surface area (Å²) in [5, 5.41) is 25.1. The van der Waals surface area contributed by atoms with Crippen molar-refractivity contribution in [3.8, 4) is 0 Å². The Hall–Kier alpha value is -4.48. The van der Waals surface area contributed by atoms with E-state index in [1.807, 2.05) is 0 Å². The van der Waals surface area contributed by atoms with Crippen molar-refractivity contribution in [3.63, 3.8) is 0 Å². The number of carboxylic acid groups (broad SMARTS) is 2. The minimum Gasteiger partial charge on any atom is -0.481 e. The molecule has 0 saturated heterocycles. The SMILES string of the molecule is NC(=O)CCC(NC(=O)C(CCC(=O)O)NC(=O)C(CCC(N)=O)NC(=O)C(N)CCCN=C(N)N)C(=O)O. The minimum atomic E-state index is -1.56. The summed E-state index contributed by atoms with van der Waals surface area (Å²) < 4.78 is 0. The van der Waals surface area contributed by atoms with Crippen LogP contribution in [0, 0.1) is 0 Å². The Morgan fingerprint density at radius 3 is 1.51 bits per heavy atom. The Morgan fingerprint density at radius 1 is 0.641 bits per heavy atom. The molecule has 0 saturated carbocycles. The molecule has 0 spiro atoms. The standard InChI is InChI=1S/C21H37N9O9/c22-10(2-1-9-27-21(25)26)17(35)28-11(3-6-14(23)31)18(36)29-12(5-8-16(33)34)19(37)30-13(20(38)39)4-7-15(24)32/h10-13H,1-9,22H2,(H2,23,31)(H2,24,32)(H,28,35)(H,29,36)(H,30,37)(H,33,34)(H,38,39)(H4,25,26,27). The van der Waals surface area contributed by atoms with Gasteiger partial charge in [0.2, 0.25) is 29.5 Å². The van der Waals surface area contributed by atoms with Gasteiger partial charge >= 0.3 is 11.9 Å². The third-order valence-corrected chi connectivity index (χ3v) is 5.19. The highest BCUT2D eigenvalue weighted by Gasteiger charge is 2.31. The lowest BCUT2D eigenvalue weighted by Gasteiger charge is -2.25. The van der Waals surface area contributed by atoms with Gasteiger partial charge in [0.25, 0.3) is 0 Å². The fraction of sp³-hybridized carbons (Fsp3) is 0.619. The number of carbonyl (C=O) groups excluding carboxylic acids is 5. The quantitative estimate of drug-likeness (QED) is 0.0382. The molecule has 4 atom stereocenters. The maximum absolute atomic E-state index is 13.0. The highest BCUT2D eigenvalue weighted by molar-refractivity contribution is 5.94. The first-order valence-electron chi connectivity index (χ1n) is 11.9. The molecule has 39 heavy (non-hydrogen) atoms. The van der Waals surface area contributed by atoms with Gasteiger partial charge in [-0.05, 0) is 32.1 Å². The normalized spacial score (nSPS) is 13.6. The zero-order valence-electron chi connectivity index (χ0n) is 21.3. The van der Waals surface area contributed by atoms with Gasteiger partial charge in [0.05, 0.1) is 6.04 Å². The Labute approximate surface area is 223 Å². The minimum absolute atomic E-state index is 0.137. The molecule has 18 nitrogen and oxygen atoms in total. The summed E-state index contributed by atoms with van der Waals surface area (Å²) >= 11 is 0. The average Bonchev–Trinajstić information content (AvgIpc) is 2.83. The van der Waals surface area contributed by atoms with Gasteiger partial charge < -0.3 is 54.8 Å². The number of carboxylic acids is 2. The second kappa shape index (κ2) is 17.9. The molecule has 0 aliphatic rings. The van der Waals surface area contributed by atoms with E-state index in [0.717, 1.165) is 0 Å². The summed E-state index contributed by atoms with van der Waals surface area (Å²) in [7, 11) is 0. The van der Waals surface area contributed by atoms with E-state index in [4.69, 9.17) is 33.8 Å². The average molecular weight is 560 g/mol. The van der Waals surface area contributed by atoms with Crippen LogP contribution >= 0.6 is 0 Å². The summed E-state index contributed by atoms with van der Waals surface area (Å²) in [6.45, 7) is 0.200. The van der Waals surface area contributed by atoms with Gasteiger partial charge in [0.1, 0.15) is 18.1 Å². The predicted molar refractivity (Wildman–Crippen MR) is 135 cm³/mol. The molecule has 0 rings (SSSR count). The second-order valence-corrected chi connectivity index (χ2v) is 8.52. The van der Waals surface area contributed by atoms with Gasteiger partial charge in [-0.1, -0.05) is 0 Å². The van der Waals surface area contributed by atoms with Gasteiger partial charge in [-0.15, -0.1) is 0 Å². The molecule has 0 radical (unpaired) electrons. The molecule has 0 aliphatic carbocycles. The Balaban J connectivity index is 5.58. The van der Waals surface area contributed by atoms with Crippen LogP contribution in [0.5, 0.6) is 0 Å². The lowest BCUT2D eigenvalue weighted by atomic mass is 10.0. The van der Waals surface area contributed by atoms with Crippen molar-refractivity contribution in [2.45, 2.75) is 75.5 Å². The summed E-state index contributed by atoms with van der Waals surface area (Å²) in [5.41, 5.74) is 26.4. The molecular weight excluding hydrogens is 522 g/mol. The van der Waals surface area contributed by atoms with E-state index in [1.165, 1.54) is 0 Å². The monoisotopic (exact) mass is 559 g/mol. The number of hydrogen-bond donors (Lipinski definition) is 10. The van der Waals surface area contributed by atoms with Crippen molar-refractivity contribution in [1.29, 1.82) is 0 Å². The molecule has 5 amide bonds. The largest absolute Gasteiger partial charge is 0.481 e. The van der Waals surface area contributed by atoms with E-state index in [-0.39, 0.29) is 44.6 Å². The van der Waals surface area contributed by atoms with Crippen LogP contribution in [0.3, 0.4) is 0 Å². The predicted octanol–water partition coefficient (Wildman–Crippen LogP) is -4.70. The summed E-state index contributed by atoms with van der Waals surface area (Å²) in [5.74, 6) is -7.35. The highest BCUT2D eigenvalue weighted by Crippen LogP contribution is 2.06. The van der Waals surface area contributed by atoms with Gasteiger partial charge in [0, 0.05) is 25.8 Å². The van der Waals surface area contributed by atoms with Crippen molar-refractivity contribution in [2.24, 2.45) is 33.7 Å². The van der Waals surface area contributed by atoms with E-state index in [1.54, 1.807) is 0 Å². The zero-order chi connectivity index (χ0) is 30.1. The van der Waals surface area contributed by atoms with Crippen molar-refractivity contribution in [1.82, 2.24) is 16.0 Å². The number of nitrogens with two attached hydrogens (primary N) is 5. The molecule has 18 heteroatoms. The van der Waals surface area contributed by atoms with Gasteiger partial charge in [0.15, 0.2) is 5.96 Å². The number of rotatable bonds is 20. The Morgan fingerprint density at radius 2 is 1.08 bits per heavy atom. The number of primary amides is 2. The topological polar surface area (TPSA) is 338 Å². The third-order valence-electron chi connectivity index (χ3n) is 5.19. The van der Waals surface area contributed by atoms with Gasteiger partial charge in [-0.3, -0.25) is 33.8 Å². The van der Waals surface area contributed by atoms with Crippen LogP contribution in [0.25, 0.3) is 0 Å². The summed E-state index contributed by atoms with van der Waals surface area (Å²) in [4.78, 5) is 86.8. The molecule has 0 fully saturated rings. The maximum atomic E-state index is 13.0. The van der Waals surface area contributed by atoms with Crippen molar-refractivity contribution < 1.29 is 43.8 Å². The number of nitrogens with zero attached hydrogens (tertiary/aromatic N) is 1. The van der Waals surface area contributed by atoms with Crippen molar-refractivity contribution in [3.05, 3.63) is 0 Å².